The van der Waals surface area contributed by atoms with E-state index in [4.69, 9.17) is 4.74 Å². The number of imide groups is 1. The van der Waals surface area contributed by atoms with E-state index in [1.807, 2.05) is 13.8 Å². The van der Waals surface area contributed by atoms with Crippen molar-refractivity contribution in [3.05, 3.63) is 28.7 Å². The predicted molar refractivity (Wildman–Crippen MR) is 104 cm³/mol. The normalized spacial score (nSPS) is 15.5. The SMILES string of the molecule is CCCN(CCC)C(=O)CN1C(=O)S/C(=C\c2ccc(O)c(OC)c2)C1=O. The van der Waals surface area contributed by atoms with Crippen molar-refractivity contribution < 1.29 is 24.2 Å². The fraction of sp³-hybridized carbons (Fsp3) is 0.421. The van der Waals surface area contributed by atoms with Crippen LogP contribution in [0.2, 0.25) is 0 Å². The first-order valence-corrected chi connectivity index (χ1v) is 9.63. The lowest BCUT2D eigenvalue weighted by Crippen LogP contribution is -2.42. The van der Waals surface area contributed by atoms with Crippen LogP contribution in [0.1, 0.15) is 32.3 Å². The van der Waals surface area contributed by atoms with Gasteiger partial charge in [-0.3, -0.25) is 19.3 Å². The molecule has 0 aromatic heterocycles. The quantitative estimate of drug-likeness (QED) is 0.684. The van der Waals surface area contributed by atoms with E-state index in [1.54, 1.807) is 23.1 Å². The maximum atomic E-state index is 12.6. The van der Waals surface area contributed by atoms with E-state index in [-0.39, 0.29) is 28.9 Å². The molecule has 1 aliphatic heterocycles. The van der Waals surface area contributed by atoms with Crippen molar-refractivity contribution in [1.29, 1.82) is 0 Å². The summed E-state index contributed by atoms with van der Waals surface area (Å²) in [6.45, 7) is 4.91. The number of rotatable bonds is 8. The number of thioether (sulfide) groups is 1. The zero-order chi connectivity index (χ0) is 20.0. The number of aromatic hydroxyl groups is 1. The maximum absolute atomic E-state index is 12.6. The Bertz CT molecular complexity index is 756. The molecule has 27 heavy (non-hydrogen) atoms. The number of methoxy groups -OCH3 is 1. The number of hydrogen-bond donors (Lipinski definition) is 1. The van der Waals surface area contributed by atoms with Gasteiger partial charge in [0.05, 0.1) is 12.0 Å². The van der Waals surface area contributed by atoms with Crippen LogP contribution in [-0.4, -0.2) is 58.7 Å². The van der Waals surface area contributed by atoms with Crippen LogP contribution in [0.4, 0.5) is 4.79 Å². The summed E-state index contributed by atoms with van der Waals surface area (Å²) in [4.78, 5) is 40.2. The van der Waals surface area contributed by atoms with Gasteiger partial charge in [0.25, 0.3) is 11.1 Å². The van der Waals surface area contributed by atoms with Gasteiger partial charge in [0, 0.05) is 13.1 Å². The van der Waals surface area contributed by atoms with Crippen LogP contribution in [0, 0.1) is 0 Å². The van der Waals surface area contributed by atoms with Gasteiger partial charge in [-0.2, -0.15) is 0 Å². The minimum absolute atomic E-state index is 0.0136. The Morgan fingerprint density at radius 3 is 2.52 bits per heavy atom. The van der Waals surface area contributed by atoms with Gasteiger partial charge in [0.2, 0.25) is 5.91 Å². The van der Waals surface area contributed by atoms with Crippen molar-refractivity contribution in [3.8, 4) is 11.5 Å². The summed E-state index contributed by atoms with van der Waals surface area (Å²) >= 11 is 0.799. The summed E-state index contributed by atoms with van der Waals surface area (Å²) in [5.41, 5.74) is 0.611. The molecular weight excluding hydrogens is 368 g/mol. The van der Waals surface area contributed by atoms with Crippen molar-refractivity contribution >= 4 is 34.9 Å². The standard InChI is InChI=1S/C19H24N2O5S/c1-4-8-20(9-5-2)17(23)12-21-18(24)16(27-19(21)25)11-13-6-7-14(22)15(10-13)26-3/h6-7,10-11,22H,4-5,8-9,12H2,1-3H3/b16-11-. The highest BCUT2D eigenvalue weighted by atomic mass is 32.2. The van der Waals surface area contributed by atoms with E-state index in [0.717, 1.165) is 29.5 Å². The molecule has 1 aliphatic rings. The largest absolute Gasteiger partial charge is 0.504 e. The van der Waals surface area contributed by atoms with Crippen LogP contribution in [0.3, 0.4) is 0 Å². The molecule has 1 saturated heterocycles. The fourth-order valence-corrected chi connectivity index (χ4v) is 3.55. The maximum Gasteiger partial charge on any atom is 0.294 e. The Kier molecular flexibility index (Phi) is 7.29. The Balaban J connectivity index is 2.15. The number of carbonyl (C=O) groups excluding carboxylic acids is 3. The Hall–Kier alpha value is -2.48. The van der Waals surface area contributed by atoms with E-state index in [1.165, 1.54) is 13.2 Å². The van der Waals surface area contributed by atoms with Crippen molar-refractivity contribution in [2.75, 3.05) is 26.7 Å². The fourth-order valence-electron chi connectivity index (χ4n) is 2.71. The molecule has 0 radical (unpaired) electrons. The van der Waals surface area contributed by atoms with Gasteiger partial charge in [-0.1, -0.05) is 19.9 Å². The Labute approximate surface area is 163 Å². The minimum atomic E-state index is -0.488. The van der Waals surface area contributed by atoms with Crippen molar-refractivity contribution in [2.45, 2.75) is 26.7 Å². The van der Waals surface area contributed by atoms with E-state index in [9.17, 15) is 19.5 Å². The van der Waals surface area contributed by atoms with Crippen LogP contribution in [0.5, 0.6) is 11.5 Å². The molecule has 2 rings (SSSR count). The summed E-state index contributed by atoms with van der Waals surface area (Å²) < 4.78 is 5.05. The van der Waals surface area contributed by atoms with Gasteiger partial charge < -0.3 is 14.7 Å². The number of benzene rings is 1. The summed E-state index contributed by atoms with van der Waals surface area (Å²) in [6, 6.07) is 4.63. The highest BCUT2D eigenvalue weighted by molar-refractivity contribution is 8.18. The lowest BCUT2D eigenvalue weighted by molar-refractivity contribution is -0.135. The molecule has 8 heteroatoms. The summed E-state index contributed by atoms with van der Waals surface area (Å²) in [6.07, 6.45) is 3.18. The molecule has 146 valence electrons. The zero-order valence-corrected chi connectivity index (χ0v) is 16.5. The number of amides is 3. The first-order chi connectivity index (χ1) is 12.9. The van der Waals surface area contributed by atoms with Gasteiger partial charge in [-0.15, -0.1) is 0 Å². The van der Waals surface area contributed by atoms with Gasteiger partial charge in [-0.25, -0.2) is 0 Å². The second kappa shape index (κ2) is 9.45. The molecule has 0 atom stereocenters. The van der Waals surface area contributed by atoms with E-state index in [2.05, 4.69) is 0 Å². The topological polar surface area (TPSA) is 87.2 Å². The third-order valence-corrected chi connectivity index (χ3v) is 4.92. The van der Waals surface area contributed by atoms with Crippen molar-refractivity contribution in [2.24, 2.45) is 0 Å². The molecule has 0 aliphatic carbocycles. The van der Waals surface area contributed by atoms with Gasteiger partial charge in [0.15, 0.2) is 11.5 Å². The number of hydrogen-bond acceptors (Lipinski definition) is 6. The molecule has 1 fully saturated rings. The predicted octanol–water partition coefficient (Wildman–Crippen LogP) is 3.09. The number of phenolic OH excluding ortho intramolecular Hbond substituents is 1. The molecule has 1 aromatic carbocycles. The summed E-state index contributed by atoms with van der Waals surface area (Å²) in [7, 11) is 1.43. The smallest absolute Gasteiger partial charge is 0.294 e. The van der Waals surface area contributed by atoms with E-state index >= 15 is 0 Å². The van der Waals surface area contributed by atoms with Crippen molar-refractivity contribution in [1.82, 2.24) is 9.80 Å². The molecule has 1 N–H and O–H groups in total. The van der Waals surface area contributed by atoms with Crippen LogP contribution in [-0.2, 0) is 9.59 Å². The molecule has 1 aromatic rings. The average Bonchev–Trinajstić information content (AvgIpc) is 2.90. The second-order valence-electron chi connectivity index (χ2n) is 6.08. The van der Waals surface area contributed by atoms with E-state index < -0.39 is 11.1 Å². The van der Waals surface area contributed by atoms with Crippen LogP contribution < -0.4 is 4.74 Å². The molecule has 7 nitrogen and oxygen atoms in total. The summed E-state index contributed by atoms with van der Waals surface area (Å²) in [5, 5.41) is 9.19. The highest BCUT2D eigenvalue weighted by Crippen LogP contribution is 2.34. The summed E-state index contributed by atoms with van der Waals surface area (Å²) in [5.74, 6) is -0.458. The molecule has 3 amide bonds. The number of ether oxygens (including phenoxy) is 1. The van der Waals surface area contributed by atoms with Gasteiger partial charge >= 0.3 is 0 Å². The van der Waals surface area contributed by atoms with Crippen LogP contribution >= 0.6 is 11.8 Å². The minimum Gasteiger partial charge on any atom is -0.504 e. The lowest BCUT2D eigenvalue weighted by Gasteiger charge is -2.23. The third kappa shape index (κ3) is 5.03. The monoisotopic (exact) mass is 392 g/mol. The van der Waals surface area contributed by atoms with E-state index in [0.29, 0.717) is 18.7 Å². The number of phenols is 1. The lowest BCUT2D eigenvalue weighted by atomic mass is 10.2. The first-order valence-electron chi connectivity index (χ1n) is 8.81. The first kappa shape index (κ1) is 20.8. The number of carbonyl (C=O) groups is 3. The third-order valence-electron chi connectivity index (χ3n) is 4.01. The molecular formula is C19H24N2O5S. The van der Waals surface area contributed by atoms with Gasteiger partial charge in [0.1, 0.15) is 6.54 Å². The highest BCUT2D eigenvalue weighted by Gasteiger charge is 2.37. The average molecular weight is 392 g/mol. The molecule has 0 bridgehead atoms. The van der Waals surface area contributed by atoms with Crippen molar-refractivity contribution in [3.63, 3.8) is 0 Å². The molecule has 1 heterocycles. The molecule has 0 spiro atoms. The zero-order valence-electron chi connectivity index (χ0n) is 15.7. The van der Waals surface area contributed by atoms with Crippen LogP contribution in [0.25, 0.3) is 6.08 Å². The Morgan fingerprint density at radius 2 is 1.93 bits per heavy atom. The second-order valence-corrected chi connectivity index (χ2v) is 7.07. The molecule has 0 unspecified atom stereocenters. The Morgan fingerprint density at radius 1 is 1.26 bits per heavy atom. The van der Waals surface area contributed by atoms with Crippen LogP contribution in [0.15, 0.2) is 23.1 Å². The molecule has 0 saturated carbocycles. The van der Waals surface area contributed by atoms with Gasteiger partial charge in [-0.05, 0) is 48.4 Å². The number of nitrogens with zero attached hydrogens (tertiary/aromatic N) is 2.